The van der Waals surface area contributed by atoms with Gasteiger partial charge in [-0.15, -0.1) is 0 Å². The Hall–Kier alpha value is -3.67. The van der Waals surface area contributed by atoms with E-state index in [-0.39, 0.29) is 28.2 Å². The minimum atomic E-state index is -0.719. The number of aromatic amines is 1. The summed E-state index contributed by atoms with van der Waals surface area (Å²) in [5.74, 6) is -1.04. The second kappa shape index (κ2) is 6.00. The zero-order valence-electron chi connectivity index (χ0n) is 13.5. The van der Waals surface area contributed by atoms with Gasteiger partial charge in [-0.05, 0) is 29.3 Å². The summed E-state index contributed by atoms with van der Waals surface area (Å²) in [6.07, 6.45) is 0. The van der Waals surface area contributed by atoms with Crippen molar-refractivity contribution in [1.29, 1.82) is 0 Å². The van der Waals surface area contributed by atoms with Gasteiger partial charge in [0.05, 0.1) is 16.6 Å². The standard InChI is InChI=1S/C20H14FN3O2/c21-16-8-12(11-4-2-1-3-5-11)6-7-14(16)20-23-17-10-13(25)9-15(19(22)26)18(17)24-20/h1-10,25H,(H2,22,26)(H,23,24). The van der Waals surface area contributed by atoms with Crippen molar-refractivity contribution in [2.45, 2.75) is 0 Å². The molecule has 5 nitrogen and oxygen atoms in total. The summed E-state index contributed by atoms with van der Waals surface area (Å²) >= 11 is 0. The minimum Gasteiger partial charge on any atom is -0.508 e. The molecule has 6 heteroatoms. The lowest BCUT2D eigenvalue weighted by Gasteiger charge is -2.04. The van der Waals surface area contributed by atoms with Crippen LogP contribution in [0.25, 0.3) is 33.5 Å². The molecule has 1 aromatic heterocycles. The molecule has 4 aromatic rings. The van der Waals surface area contributed by atoms with Crippen LogP contribution in [-0.2, 0) is 0 Å². The molecule has 0 spiro atoms. The normalized spacial score (nSPS) is 11.0. The summed E-state index contributed by atoms with van der Waals surface area (Å²) in [6.45, 7) is 0. The van der Waals surface area contributed by atoms with Crippen molar-refractivity contribution in [3.05, 3.63) is 72.0 Å². The van der Waals surface area contributed by atoms with Crippen molar-refractivity contribution in [2.75, 3.05) is 0 Å². The highest BCUT2D eigenvalue weighted by molar-refractivity contribution is 6.05. The van der Waals surface area contributed by atoms with Crippen LogP contribution in [0.5, 0.6) is 5.75 Å². The number of amides is 1. The van der Waals surface area contributed by atoms with E-state index in [2.05, 4.69) is 9.97 Å². The van der Waals surface area contributed by atoms with Crippen LogP contribution < -0.4 is 5.73 Å². The van der Waals surface area contributed by atoms with E-state index in [1.807, 2.05) is 30.3 Å². The first-order valence-corrected chi connectivity index (χ1v) is 7.91. The van der Waals surface area contributed by atoms with Crippen LogP contribution in [0.4, 0.5) is 4.39 Å². The third-order valence-electron chi connectivity index (χ3n) is 4.17. The number of rotatable bonds is 3. The van der Waals surface area contributed by atoms with Gasteiger partial charge in [-0.2, -0.15) is 0 Å². The van der Waals surface area contributed by atoms with Crippen LogP contribution in [0.1, 0.15) is 10.4 Å². The monoisotopic (exact) mass is 347 g/mol. The first-order valence-electron chi connectivity index (χ1n) is 7.91. The maximum absolute atomic E-state index is 14.7. The van der Waals surface area contributed by atoms with E-state index in [9.17, 15) is 14.3 Å². The number of nitrogens with two attached hydrogens (primary N) is 1. The molecule has 3 aromatic carbocycles. The van der Waals surface area contributed by atoms with E-state index < -0.39 is 11.7 Å². The molecule has 0 aliphatic heterocycles. The summed E-state index contributed by atoms with van der Waals surface area (Å²) in [7, 11) is 0. The molecule has 1 heterocycles. The van der Waals surface area contributed by atoms with Gasteiger partial charge in [0.15, 0.2) is 0 Å². The van der Waals surface area contributed by atoms with Crippen LogP contribution in [-0.4, -0.2) is 21.0 Å². The number of primary amides is 1. The fourth-order valence-electron chi connectivity index (χ4n) is 2.93. The van der Waals surface area contributed by atoms with Gasteiger partial charge in [-0.25, -0.2) is 9.37 Å². The first kappa shape index (κ1) is 15.8. The van der Waals surface area contributed by atoms with Crippen molar-refractivity contribution in [2.24, 2.45) is 5.73 Å². The van der Waals surface area contributed by atoms with Gasteiger partial charge >= 0.3 is 0 Å². The number of H-pyrrole nitrogens is 1. The van der Waals surface area contributed by atoms with Gasteiger partial charge in [0.2, 0.25) is 0 Å². The maximum Gasteiger partial charge on any atom is 0.251 e. The zero-order chi connectivity index (χ0) is 18.3. The highest BCUT2D eigenvalue weighted by Crippen LogP contribution is 2.30. The predicted molar refractivity (Wildman–Crippen MR) is 97.1 cm³/mol. The Morgan fingerprint density at radius 3 is 2.50 bits per heavy atom. The van der Waals surface area contributed by atoms with Crippen LogP contribution in [0, 0.1) is 5.82 Å². The number of phenolic OH excluding ortho intramolecular Hbond substituents is 1. The number of hydrogen-bond acceptors (Lipinski definition) is 3. The summed E-state index contributed by atoms with van der Waals surface area (Å²) in [6, 6.07) is 17.0. The molecule has 0 bridgehead atoms. The molecule has 0 atom stereocenters. The van der Waals surface area contributed by atoms with Crippen molar-refractivity contribution >= 4 is 16.9 Å². The minimum absolute atomic E-state index is 0.0730. The highest BCUT2D eigenvalue weighted by atomic mass is 19.1. The molecule has 0 unspecified atom stereocenters. The van der Waals surface area contributed by atoms with Gasteiger partial charge < -0.3 is 15.8 Å². The number of benzene rings is 3. The summed E-state index contributed by atoms with van der Waals surface area (Å²) in [5, 5.41) is 9.73. The molecular formula is C20H14FN3O2. The second-order valence-corrected chi connectivity index (χ2v) is 5.90. The molecule has 0 radical (unpaired) electrons. The Labute approximate surface area is 147 Å². The Morgan fingerprint density at radius 1 is 1.04 bits per heavy atom. The Bertz CT molecular complexity index is 1140. The van der Waals surface area contributed by atoms with Gasteiger partial charge in [-0.3, -0.25) is 4.79 Å². The van der Waals surface area contributed by atoms with Crippen LogP contribution in [0.3, 0.4) is 0 Å². The Balaban J connectivity index is 1.83. The number of aromatic nitrogens is 2. The fourth-order valence-corrected chi connectivity index (χ4v) is 2.93. The summed E-state index contributed by atoms with van der Waals surface area (Å²) in [5.41, 5.74) is 8.01. The van der Waals surface area contributed by atoms with Gasteiger partial charge in [-0.1, -0.05) is 36.4 Å². The van der Waals surface area contributed by atoms with Crippen LogP contribution in [0.15, 0.2) is 60.7 Å². The number of carbonyl (C=O) groups excluding carboxylic acids is 1. The Morgan fingerprint density at radius 2 is 1.81 bits per heavy atom. The third kappa shape index (κ3) is 2.67. The molecule has 0 saturated carbocycles. The summed E-state index contributed by atoms with van der Waals surface area (Å²) < 4.78 is 14.7. The lowest BCUT2D eigenvalue weighted by atomic mass is 10.0. The molecule has 128 valence electrons. The van der Waals surface area contributed by atoms with Crippen LogP contribution >= 0.6 is 0 Å². The second-order valence-electron chi connectivity index (χ2n) is 5.90. The largest absolute Gasteiger partial charge is 0.508 e. The number of phenols is 1. The number of nitrogens with one attached hydrogen (secondary N) is 1. The average molecular weight is 347 g/mol. The number of aromatic hydroxyl groups is 1. The lowest BCUT2D eigenvalue weighted by Crippen LogP contribution is -2.11. The molecule has 4 N–H and O–H groups in total. The number of nitrogens with zero attached hydrogens (tertiary/aromatic N) is 1. The van der Waals surface area contributed by atoms with Crippen molar-refractivity contribution in [1.82, 2.24) is 9.97 Å². The first-order chi connectivity index (χ1) is 12.5. The van der Waals surface area contributed by atoms with E-state index in [1.54, 1.807) is 12.1 Å². The molecule has 0 aliphatic carbocycles. The molecule has 26 heavy (non-hydrogen) atoms. The van der Waals surface area contributed by atoms with Gasteiger partial charge in [0.1, 0.15) is 22.9 Å². The third-order valence-corrected chi connectivity index (χ3v) is 4.17. The Kier molecular flexibility index (Phi) is 3.65. The highest BCUT2D eigenvalue weighted by Gasteiger charge is 2.16. The molecule has 0 saturated heterocycles. The average Bonchev–Trinajstić information content (AvgIpc) is 3.04. The van der Waals surface area contributed by atoms with Gasteiger partial charge in [0, 0.05) is 6.07 Å². The zero-order valence-corrected chi connectivity index (χ0v) is 13.5. The van der Waals surface area contributed by atoms with E-state index in [4.69, 9.17) is 5.73 Å². The van der Waals surface area contributed by atoms with Gasteiger partial charge in [0.25, 0.3) is 5.91 Å². The smallest absolute Gasteiger partial charge is 0.251 e. The number of halogens is 1. The summed E-state index contributed by atoms with van der Waals surface area (Å²) in [4.78, 5) is 18.8. The van der Waals surface area contributed by atoms with E-state index >= 15 is 0 Å². The van der Waals surface area contributed by atoms with Crippen LogP contribution in [0.2, 0.25) is 0 Å². The topological polar surface area (TPSA) is 92.0 Å². The fraction of sp³-hybridized carbons (Fsp3) is 0. The molecule has 1 amide bonds. The number of carbonyl (C=O) groups is 1. The van der Waals surface area contributed by atoms with Crippen molar-refractivity contribution < 1.29 is 14.3 Å². The predicted octanol–water partition coefficient (Wildman–Crippen LogP) is 3.84. The molecular weight excluding hydrogens is 333 g/mol. The SMILES string of the molecule is NC(=O)c1cc(O)cc2[nH]c(-c3ccc(-c4ccccc4)cc3F)nc12. The molecule has 0 fully saturated rings. The molecule has 0 aliphatic rings. The van der Waals surface area contributed by atoms with Crippen molar-refractivity contribution in [3.8, 4) is 28.3 Å². The molecule has 4 rings (SSSR count). The quantitative estimate of drug-likeness (QED) is 0.526. The maximum atomic E-state index is 14.7. The van der Waals surface area contributed by atoms with E-state index in [1.165, 1.54) is 18.2 Å². The van der Waals surface area contributed by atoms with Crippen molar-refractivity contribution in [3.63, 3.8) is 0 Å². The lowest BCUT2D eigenvalue weighted by molar-refractivity contribution is 0.100. The number of fused-ring (bicyclic) bond motifs is 1. The number of hydrogen-bond donors (Lipinski definition) is 3. The number of imidazole rings is 1. The van der Waals surface area contributed by atoms with E-state index in [0.717, 1.165) is 11.1 Å². The van der Waals surface area contributed by atoms with E-state index in [0.29, 0.717) is 5.52 Å².